The van der Waals surface area contributed by atoms with Gasteiger partial charge < -0.3 is 0 Å². The minimum atomic E-state index is -0.445. The summed E-state index contributed by atoms with van der Waals surface area (Å²) in [4.78, 5) is 22.8. The standard InChI is InChI=1S/C21H20BrN5O3/c1-2-17(12-15-6-4-3-5-7-15)23-24-21(28)20-19(22)14-26(25-20)13-16-8-10-18(11-9-16)27(29)30/h3-11,14H,2,12-13H2,1H3,(H,24,28). The fraction of sp³-hybridized carbons (Fsp3) is 0.190. The van der Waals surface area contributed by atoms with Crippen LogP contribution in [-0.2, 0) is 13.0 Å². The lowest BCUT2D eigenvalue weighted by Crippen LogP contribution is -2.21. The molecule has 3 rings (SSSR count). The molecular weight excluding hydrogens is 450 g/mol. The van der Waals surface area contributed by atoms with Crippen molar-refractivity contribution in [2.75, 3.05) is 0 Å². The van der Waals surface area contributed by atoms with E-state index in [1.807, 2.05) is 37.3 Å². The number of amides is 1. The maximum atomic E-state index is 12.5. The van der Waals surface area contributed by atoms with Gasteiger partial charge in [-0.3, -0.25) is 19.6 Å². The molecule has 2 aromatic carbocycles. The number of halogens is 1. The van der Waals surface area contributed by atoms with Gasteiger partial charge in [0.25, 0.3) is 11.6 Å². The topological polar surface area (TPSA) is 102 Å². The molecule has 1 N–H and O–H groups in total. The summed E-state index contributed by atoms with van der Waals surface area (Å²) in [5.74, 6) is -0.414. The first-order chi connectivity index (χ1) is 14.5. The Morgan fingerprint density at radius 3 is 2.50 bits per heavy atom. The number of hydrazone groups is 1. The van der Waals surface area contributed by atoms with Gasteiger partial charge in [-0.2, -0.15) is 10.2 Å². The summed E-state index contributed by atoms with van der Waals surface area (Å²) in [6.45, 7) is 2.37. The van der Waals surface area contributed by atoms with Crippen LogP contribution in [-0.4, -0.2) is 26.3 Å². The highest BCUT2D eigenvalue weighted by molar-refractivity contribution is 9.10. The maximum absolute atomic E-state index is 12.5. The summed E-state index contributed by atoms with van der Waals surface area (Å²) < 4.78 is 2.13. The number of nitro groups is 1. The Labute approximate surface area is 181 Å². The third-order valence-corrected chi connectivity index (χ3v) is 4.98. The zero-order valence-corrected chi connectivity index (χ0v) is 17.9. The third kappa shape index (κ3) is 5.60. The van der Waals surface area contributed by atoms with Gasteiger partial charge in [0.15, 0.2) is 5.69 Å². The van der Waals surface area contributed by atoms with E-state index in [4.69, 9.17) is 0 Å². The Morgan fingerprint density at radius 2 is 1.87 bits per heavy atom. The molecule has 0 radical (unpaired) electrons. The molecule has 0 atom stereocenters. The molecule has 9 heteroatoms. The van der Waals surface area contributed by atoms with Crippen LogP contribution in [0.3, 0.4) is 0 Å². The molecule has 30 heavy (non-hydrogen) atoms. The lowest BCUT2D eigenvalue weighted by Gasteiger charge is -2.05. The Kier molecular flexibility index (Phi) is 7.08. The van der Waals surface area contributed by atoms with E-state index < -0.39 is 10.8 Å². The van der Waals surface area contributed by atoms with Crippen molar-refractivity contribution >= 4 is 33.2 Å². The Bertz CT molecular complexity index is 1060. The highest BCUT2D eigenvalue weighted by atomic mass is 79.9. The van der Waals surface area contributed by atoms with Crippen molar-refractivity contribution in [3.63, 3.8) is 0 Å². The number of aromatic nitrogens is 2. The summed E-state index contributed by atoms with van der Waals surface area (Å²) in [5.41, 5.74) is 5.64. The zero-order valence-electron chi connectivity index (χ0n) is 16.3. The summed E-state index contributed by atoms with van der Waals surface area (Å²) in [7, 11) is 0. The van der Waals surface area contributed by atoms with Gasteiger partial charge in [-0.1, -0.05) is 49.4 Å². The number of rotatable bonds is 8. The quantitative estimate of drug-likeness (QED) is 0.301. The first kappa shape index (κ1) is 21.4. The molecule has 0 aliphatic heterocycles. The minimum absolute atomic E-state index is 0.0283. The number of carbonyl (C=O) groups excluding carboxylic acids is 1. The van der Waals surface area contributed by atoms with Crippen molar-refractivity contribution in [2.45, 2.75) is 26.3 Å². The Morgan fingerprint density at radius 1 is 1.17 bits per heavy atom. The Balaban J connectivity index is 1.66. The lowest BCUT2D eigenvalue weighted by atomic mass is 10.1. The van der Waals surface area contributed by atoms with Gasteiger partial charge in [0.05, 0.1) is 15.9 Å². The van der Waals surface area contributed by atoms with Gasteiger partial charge in [0.1, 0.15) is 0 Å². The normalized spacial score (nSPS) is 11.3. The molecular formula is C21H20BrN5O3. The number of non-ortho nitro benzene ring substituents is 1. The number of carbonyl (C=O) groups is 1. The SMILES string of the molecule is CCC(Cc1ccccc1)=NNC(=O)c1nn(Cc2ccc([N+](=O)[O-])cc2)cc1Br. The molecule has 0 saturated heterocycles. The largest absolute Gasteiger partial charge is 0.293 e. The summed E-state index contributed by atoms with van der Waals surface area (Å²) in [6.07, 6.45) is 3.06. The number of nitrogens with zero attached hydrogens (tertiary/aromatic N) is 4. The Hall–Kier alpha value is -3.33. The minimum Gasteiger partial charge on any atom is -0.266 e. The molecule has 0 aliphatic carbocycles. The van der Waals surface area contributed by atoms with Crippen LogP contribution in [0, 0.1) is 10.1 Å². The first-order valence-corrected chi connectivity index (χ1v) is 10.1. The van der Waals surface area contributed by atoms with E-state index in [0.717, 1.165) is 16.8 Å². The molecule has 8 nitrogen and oxygen atoms in total. The van der Waals surface area contributed by atoms with Crippen LogP contribution in [0.25, 0.3) is 0 Å². The van der Waals surface area contributed by atoms with E-state index in [0.29, 0.717) is 23.9 Å². The van der Waals surface area contributed by atoms with Crippen LogP contribution in [0.15, 0.2) is 70.4 Å². The van der Waals surface area contributed by atoms with E-state index in [1.165, 1.54) is 12.1 Å². The third-order valence-electron chi connectivity index (χ3n) is 4.40. The molecule has 1 heterocycles. The monoisotopic (exact) mass is 469 g/mol. The number of hydrogen-bond acceptors (Lipinski definition) is 5. The molecule has 0 aliphatic rings. The molecule has 0 saturated carbocycles. The van der Waals surface area contributed by atoms with Crippen LogP contribution in [0.4, 0.5) is 5.69 Å². The maximum Gasteiger partial charge on any atom is 0.293 e. The number of hydrogen-bond donors (Lipinski definition) is 1. The van der Waals surface area contributed by atoms with E-state index in [9.17, 15) is 14.9 Å². The lowest BCUT2D eigenvalue weighted by molar-refractivity contribution is -0.384. The molecule has 0 spiro atoms. The molecule has 3 aromatic rings. The van der Waals surface area contributed by atoms with Crippen LogP contribution in [0.2, 0.25) is 0 Å². The van der Waals surface area contributed by atoms with Crippen molar-refractivity contribution in [2.24, 2.45) is 5.10 Å². The second-order valence-corrected chi connectivity index (χ2v) is 7.44. The van der Waals surface area contributed by atoms with Crippen molar-refractivity contribution < 1.29 is 9.72 Å². The first-order valence-electron chi connectivity index (χ1n) is 9.32. The molecule has 1 aromatic heterocycles. The number of nitrogens with one attached hydrogen (secondary N) is 1. The summed E-state index contributed by atoms with van der Waals surface area (Å²) >= 11 is 3.36. The van der Waals surface area contributed by atoms with Crippen LogP contribution in [0.5, 0.6) is 0 Å². The average molecular weight is 470 g/mol. The molecule has 154 valence electrons. The van der Waals surface area contributed by atoms with E-state index in [1.54, 1.807) is 23.0 Å². The predicted molar refractivity (Wildman–Crippen MR) is 117 cm³/mol. The molecule has 0 unspecified atom stereocenters. The van der Waals surface area contributed by atoms with E-state index in [2.05, 4.69) is 31.6 Å². The second kappa shape index (κ2) is 9.93. The fourth-order valence-electron chi connectivity index (χ4n) is 2.80. The van der Waals surface area contributed by atoms with Gasteiger partial charge >= 0.3 is 0 Å². The van der Waals surface area contributed by atoms with E-state index in [-0.39, 0.29) is 11.4 Å². The zero-order chi connectivity index (χ0) is 21.5. The van der Waals surface area contributed by atoms with Crippen molar-refractivity contribution in [1.29, 1.82) is 0 Å². The second-order valence-electron chi connectivity index (χ2n) is 6.58. The summed E-state index contributed by atoms with van der Waals surface area (Å²) in [5, 5.41) is 19.3. The van der Waals surface area contributed by atoms with Crippen molar-refractivity contribution in [1.82, 2.24) is 15.2 Å². The molecule has 0 bridgehead atoms. The fourth-order valence-corrected chi connectivity index (χ4v) is 3.30. The van der Waals surface area contributed by atoms with E-state index >= 15 is 0 Å². The molecule has 1 amide bonds. The smallest absolute Gasteiger partial charge is 0.266 e. The summed E-state index contributed by atoms with van der Waals surface area (Å²) in [6, 6.07) is 16.1. The van der Waals surface area contributed by atoms with Crippen molar-refractivity contribution in [3.05, 3.63) is 92.2 Å². The van der Waals surface area contributed by atoms with Gasteiger partial charge in [-0.05, 0) is 33.5 Å². The highest BCUT2D eigenvalue weighted by Crippen LogP contribution is 2.17. The predicted octanol–water partition coefficient (Wildman–Crippen LogP) is 4.34. The molecule has 0 fully saturated rings. The highest BCUT2D eigenvalue weighted by Gasteiger charge is 2.15. The van der Waals surface area contributed by atoms with Crippen LogP contribution in [0.1, 0.15) is 35.0 Å². The van der Waals surface area contributed by atoms with Crippen LogP contribution < -0.4 is 5.43 Å². The van der Waals surface area contributed by atoms with Crippen LogP contribution >= 0.6 is 15.9 Å². The van der Waals surface area contributed by atoms with Gasteiger partial charge in [-0.15, -0.1) is 0 Å². The van der Waals surface area contributed by atoms with Gasteiger partial charge in [0.2, 0.25) is 0 Å². The van der Waals surface area contributed by atoms with Crippen molar-refractivity contribution in [3.8, 4) is 0 Å². The number of benzene rings is 2. The van der Waals surface area contributed by atoms with Gasteiger partial charge in [0, 0.05) is 30.5 Å². The average Bonchev–Trinajstić information content (AvgIpc) is 3.12. The van der Waals surface area contributed by atoms with Gasteiger partial charge in [-0.25, -0.2) is 5.43 Å². The number of nitro benzene ring substituents is 1.